The Hall–Kier alpha value is -3.37. The van der Waals surface area contributed by atoms with Gasteiger partial charge < -0.3 is 10.1 Å². The number of benzene rings is 1. The maximum atomic E-state index is 13.5. The first-order valence-electron chi connectivity index (χ1n) is 12.1. The number of nitrogens with zero attached hydrogens (tertiary/aromatic N) is 2. The summed E-state index contributed by atoms with van der Waals surface area (Å²) in [5.74, 6) is -0.732. The normalized spacial score (nSPS) is 15.0. The first-order chi connectivity index (χ1) is 17.8. The summed E-state index contributed by atoms with van der Waals surface area (Å²) >= 11 is 2.78. The quantitative estimate of drug-likeness (QED) is 0.323. The Morgan fingerprint density at radius 1 is 1.24 bits per heavy atom. The number of rotatable bonds is 6. The van der Waals surface area contributed by atoms with Crippen LogP contribution in [0.15, 0.2) is 35.4 Å². The van der Waals surface area contributed by atoms with E-state index in [-0.39, 0.29) is 24.5 Å². The minimum Gasteiger partial charge on any atom is -0.462 e. The van der Waals surface area contributed by atoms with E-state index in [1.54, 1.807) is 19.1 Å². The Labute approximate surface area is 220 Å². The molecule has 1 N–H and O–H groups in total. The molecular formula is C27H26FN3O4S2. The molecule has 1 atom stereocenters. The van der Waals surface area contributed by atoms with Gasteiger partial charge >= 0.3 is 5.97 Å². The lowest BCUT2D eigenvalue weighted by atomic mass is 9.88. The number of halogens is 1. The fraction of sp³-hybridized carbons (Fsp3) is 0.333. The van der Waals surface area contributed by atoms with E-state index in [1.807, 2.05) is 6.92 Å². The fourth-order valence-corrected chi connectivity index (χ4v) is 7.21. The van der Waals surface area contributed by atoms with Crippen molar-refractivity contribution in [3.05, 3.63) is 67.6 Å². The van der Waals surface area contributed by atoms with E-state index in [4.69, 9.17) is 4.74 Å². The van der Waals surface area contributed by atoms with Crippen LogP contribution in [0.3, 0.4) is 0 Å². The molecule has 0 radical (unpaired) electrons. The van der Waals surface area contributed by atoms with Crippen molar-refractivity contribution in [1.82, 2.24) is 9.55 Å². The van der Waals surface area contributed by atoms with E-state index in [9.17, 15) is 18.8 Å². The lowest BCUT2D eigenvalue weighted by molar-refractivity contribution is -0.116. The Kier molecular flexibility index (Phi) is 6.96. The molecule has 1 aromatic carbocycles. The molecular weight excluding hydrogens is 513 g/mol. The van der Waals surface area contributed by atoms with Gasteiger partial charge in [0.2, 0.25) is 5.91 Å². The van der Waals surface area contributed by atoms with Gasteiger partial charge in [-0.05, 0) is 62.3 Å². The van der Waals surface area contributed by atoms with Gasteiger partial charge in [0.25, 0.3) is 5.56 Å². The van der Waals surface area contributed by atoms with Crippen molar-refractivity contribution in [2.24, 2.45) is 5.92 Å². The van der Waals surface area contributed by atoms with Crippen molar-refractivity contribution >= 4 is 49.8 Å². The summed E-state index contributed by atoms with van der Waals surface area (Å²) in [6.07, 6.45) is 3.95. The van der Waals surface area contributed by atoms with Crippen LogP contribution in [0.2, 0.25) is 0 Å². The molecule has 0 bridgehead atoms. The third kappa shape index (κ3) is 4.83. The predicted octanol–water partition coefficient (Wildman–Crippen LogP) is 5.57. The fourth-order valence-electron chi connectivity index (χ4n) is 4.79. The molecule has 3 aromatic heterocycles. The van der Waals surface area contributed by atoms with Gasteiger partial charge in [-0.2, -0.15) is 0 Å². The van der Waals surface area contributed by atoms with E-state index in [1.165, 1.54) is 45.7 Å². The zero-order chi connectivity index (χ0) is 26.3. The summed E-state index contributed by atoms with van der Waals surface area (Å²) in [5, 5.41) is 3.72. The van der Waals surface area contributed by atoms with Gasteiger partial charge in [-0.3, -0.25) is 14.2 Å². The summed E-state index contributed by atoms with van der Waals surface area (Å²) < 4.78 is 20.0. The molecule has 7 nitrogen and oxygen atoms in total. The SMILES string of the molecule is CCOC(=O)c1c(NC(=O)Cn2cnc3sc(C)c(-c4ccc(F)cc4)c3c2=O)sc2c1CC[C@H](C)C2. The molecule has 0 fully saturated rings. The lowest BCUT2D eigenvalue weighted by Gasteiger charge is -2.18. The molecule has 37 heavy (non-hydrogen) atoms. The highest BCUT2D eigenvalue weighted by molar-refractivity contribution is 7.19. The van der Waals surface area contributed by atoms with Crippen LogP contribution in [0.4, 0.5) is 9.39 Å². The minimum absolute atomic E-state index is 0.241. The third-order valence-corrected chi connectivity index (χ3v) is 8.73. The Bertz CT molecular complexity index is 1570. The second-order valence-corrected chi connectivity index (χ2v) is 11.5. The number of aromatic nitrogens is 2. The van der Waals surface area contributed by atoms with Gasteiger partial charge in [0.15, 0.2) is 0 Å². The van der Waals surface area contributed by atoms with Crippen molar-refractivity contribution in [1.29, 1.82) is 0 Å². The molecule has 1 amide bonds. The van der Waals surface area contributed by atoms with Gasteiger partial charge in [-0.1, -0.05) is 19.1 Å². The van der Waals surface area contributed by atoms with E-state index in [0.29, 0.717) is 37.8 Å². The van der Waals surface area contributed by atoms with Crippen LogP contribution in [0.1, 0.15) is 45.9 Å². The van der Waals surface area contributed by atoms with Gasteiger partial charge in [-0.15, -0.1) is 22.7 Å². The van der Waals surface area contributed by atoms with E-state index >= 15 is 0 Å². The number of hydrogen-bond acceptors (Lipinski definition) is 7. The van der Waals surface area contributed by atoms with Crippen LogP contribution in [-0.2, 0) is 28.9 Å². The number of carbonyl (C=O) groups excluding carboxylic acids is 2. The minimum atomic E-state index is -0.442. The number of fused-ring (bicyclic) bond motifs is 2. The molecule has 192 valence electrons. The largest absolute Gasteiger partial charge is 0.462 e. The molecule has 0 unspecified atom stereocenters. The van der Waals surface area contributed by atoms with Crippen LogP contribution in [0.25, 0.3) is 21.3 Å². The van der Waals surface area contributed by atoms with E-state index < -0.39 is 11.9 Å². The third-order valence-electron chi connectivity index (χ3n) is 6.55. The number of nitrogens with one attached hydrogen (secondary N) is 1. The first-order valence-corrected chi connectivity index (χ1v) is 13.8. The van der Waals surface area contributed by atoms with Crippen LogP contribution in [-0.4, -0.2) is 28.0 Å². The van der Waals surface area contributed by atoms with Crippen LogP contribution in [0.5, 0.6) is 0 Å². The summed E-state index contributed by atoms with van der Waals surface area (Å²) in [6, 6.07) is 5.96. The zero-order valence-corrected chi connectivity index (χ0v) is 22.4. The molecule has 0 spiro atoms. The summed E-state index contributed by atoms with van der Waals surface area (Å²) in [6.45, 7) is 5.79. The van der Waals surface area contributed by atoms with Crippen molar-refractivity contribution in [3.63, 3.8) is 0 Å². The van der Waals surface area contributed by atoms with Gasteiger partial charge in [-0.25, -0.2) is 14.2 Å². The molecule has 3 heterocycles. The molecule has 1 aliphatic rings. The van der Waals surface area contributed by atoms with Crippen molar-refractivity contribution in [2.45, 2.75) is 46.6 Å². The smallest absolute Gasteiger partial charge is 0.341 e. The second kappa shape index (κ2) is 10.2. The molecule has 0 saturated heterocycles. The van der Waals surface area contributed by atoms with E-state index in [0.717, 1.165) is 34.6 Å². The van der Waals surface area contributed by atoms with Crippen LogP contribution < -0.4 is 10.9 Å². The number of anilines is 1. The van der Waals surface area contributed by atoms with Crippen LogP contribution in [0, 0.1) is 18.7 Å². The number of aryl methyl sites for hydroxylation is 1. The molecule has 5 rings (SSSR count). The standard InChI is InChI=1S/C27H26FN3O4S2/c1-4-35-27(34)22-18-10-5-14(2)11-19(18)37-25(22)30-20(32)12-31-13-29-24-23(26(31)33)21(15(3)36-24)16-6-8-17(28)9-7-16/h6-9,13-14H,4-5,10-12H2,1-3H3,(H,30,32)/t14-/m0/s1. The van der Waals surface area contributed by atoms with Crippen LogP contribution >= 0.6 is 22.7 Å². The van der Waals surface area contributed by atoms with Gasteiger partial charge in [0.1, 0.15) is 22.2 Å². The second-order valence-electron chi connectivity index (χ2n) is 9.22. The summed E-state index contributed by atoms with van der Waals surface area (Å²) in [7, 11) is 0. The zero-order valence-electron chi connectivity index (χ0n) is 20.7. The lowest BCUT2D eigenvalue weighted by Crippen LogP contribution is -2.28. The predicted molar refractivity (Wildman–Crippen MR) is 144 cm³/mol. The molecule has 4 aromatic rings. The number of carbonyl (C=O) groups is 2. The highest BCUT2D eigenvalue weighted by Gasteiger charge is 2.29. The summed E-state index contributed by atoms with van der Waals surface area (Å²) in [4.78, 5) is 46.3. The molecule has 1 aliphatic carbocycles. The number of esters is 1. The molecule has 0 saturated carbocycles. The van der Waals surface area contributed by atoms with Gasteiger partial charge in [0.05, 0.1) is 23.9 Å². The van der Waals surface area contributed by atoms with Crippen molar-refractivity contribution in [3.8, 4) is 11.1 Å². The Morgan fingerprint density at radius 3 is 2.73 bits per heavy atom. The number of ether oxygens (including phenoxy) is 1. The average Bonchev–Trinajstić information content (AvgIpc) is 3.38. The molecule has 0 aliphatic heterocycles. The molecule has 10 heteroatoms. The first kappa shape index (κ1) is 25.3. The number of hydrogen-bond donors (Lipinski definition) is 1. The summed E-state index contributed by atoms with van der Waals surface area (Å²) in [5.41, 5.74) is 2.43. The maximum Gasteiger partial charge on any atom is 0.341 e. The highest BCUT2D eigenvalue weighted by Crippen LogP contribution is 2.40. The Balaban J connectivity index is 1.46. The number of thiophene rings is 2. The monoisotopic (exact) mass is 539 g/mol. The number of amides is 1. The van der Waals surface area contributed by atoms with Gasteiger partial charge in [0, 0.05) is 15.3 Å². The Morgan fingerprint density at radius 2 is 2.00 bits per heavy atom. The topological polar surface area (TPSA) is 90.3 Å². The van der Waals surface area contributed by atoms with Crippen molar-refractivity contribution in [2.75, 3.05) is 11.9 Å². The highest BCUT2D eigenvalue weighted by atomic mass is 32.1. The average molecular weight is 540 g/mol. The van der Waals surface area contributed by atoms with E-state index in [2.05, 4.69) is 17.2 Å². The maximum absolute atomic E-state index is 13.5. The van der Waals surface area contributed by atoms with Crippen molar-refractivity contribution < 1.29 is 18.7 Å².